The number of aromatic nitrogens is 1. The summed E-state index contributed by atoms with van der Waals surface area (Å²) < 4.78 is 7.77. The normalized spacial score (nSPS) is 11.8. The van der Waals surface area contributed by atoms with E-state index >= 15 is 0 Å². The van der Waals surface area contributed by atoms with Crippen molar-refractivity contribution < 1.29 is 4.42 Å². The summed E-state index contributed by atoms with van der Waals surface area (Å²) in [5.41, 5.74) is 4.54. The molecule has 0 aliphatic carbocycles. The molecule has 0 saturated heterocycles. The third-order valence-corrected chi connectivity index (χ3v) is 4.88. The topological polar surface area (TPSA) is 30.4 Å². The Bertz CT molecular complexity index is 1010. The van der Waals surface area contributed by atoms with Crippen LogP contribution in [0.1, 0.15) is 11.3 Å². The smallest absolute Gasteiger partial charge is 0.190 e. The van der Waals surface area contributed by atoms with E-state index in [0.29, 0.717) is 6.54 Å². The van der Waals surface area contributed by atoms with Gasteiger partial charge in [0.25, 0.3) is 0 Å². The largest absolute Gasteiger partial charge is 0.467 e. The van der Waals surface area contributed by atoms with Gasteiger partial charge in [-0.2, -0.15) is 0 Å². The highest BCUT2D eigenvalue weighted by atomic mass is 32.1. The number of hydrogen-bond acceptors (Lipinski definition) is 3. The standard InChI is InChI=1S/C21H18N2OS/c1-16-9-11-17(12-10-16)20-15-25-21(22-18-6-3-2-4-7-18)23(20)14-19-8-5-13-24-19/h2-13,15H,14H2,1H3. The summed E-state index contributed by atoms with van der Waals surface area (Å²) in [6.45, 7) is 2.76. The maximum atomic E-state index is 5.56. The highest BCUT2D eigenvalue weighted by Gasteiger charge is 2.10. The molecule has 0 atom stereocenters. The van der Waals surface area contributed by atoms with E-state index in [-0.39, 0.29) is 0 Å². The summed E-state index contributed by atoms with van der Waals surface area (Å²) in [6, 6.07) is 22.5. The molecule has 0 fully saturated rings. The van der Waals surface area contributed by atoms with E-state index in [2.05, 4.69) is 41.1 Å². The predicted molar refractivity (Wildman–Crippen MR) is 102 cm³/mol. The molecular weight excluding hydrogens is 328 g/mol. The van der Waals surface area contributed by atoms with Crippen molar-refractivity contribution in [1.82, 2.24) is 4.57 Å². The fraction of sp³-hybridized carbons (Fsp3) is 0.0952. The predicted octanol–water partition coefficient (Wildman–Crippen LogP) is 5.40. The monoisotopic (exact) mass is 346 g/mol. The fourth-order valence-corrected chi connectivity index (χ4v) is 3.63. The first-order valence-electron chi connectivity index (χ1n) is 8.17. The van der Waals surface area contributed by atoms with Gasteiger partial charge in [0.15, 0.2) is 4.80 Å². The lowest BCUT2D eigenvalue weighted by atomic mass is 10.1. The number of benzene rings is 2. The Morgan fingerprint density at radius 3 is 2.48 bits per heavy atom. The van der Waals surface area contributed by atoms with Crippen molar-refractivity contribution in [2.45, 2.75) is 13.5 Å². The van der Waals surface area contributed by atoms with E-state index in [1.807, 2.05) is 42.5 Å². The highest BCUT2D eigenvalue weighted by Crippen LogP contribution is 2.22. The molecule has 4 rings (SSSR count). The summed E-state index contributed by atoms with van der Waals surface area (Å²) in [6.07, 6.45) is 1.71. The number of furan rings is 1. The van der Waals surface area contributed by atoms with Crippen LogP contribution in [-0.2, 0) is 6.54 Å². The van der Waals surface area contributed by atoms with Gasteiger partial charge >= 0.3 is 0 Å². The molecule has 2 aromatic heterocycles. The molecule has 0 unspecified atom stereocenters. The summed E-state index contributed by atoms with van der Waals surface area (Å²) in [5, 5.41) is 2.16. The van der Waals surface area contributed by atoms with E-state index in [4.69, 9.17) is 9.41 Å². The first-order valence-corrected chi connectivity index (χ1v) is 9.05. The van der Waals surface area contributed by atoms with Crippen LogP contribution in [0.4, 0.5) is 5.69 Å². The molecule has 3 nitrogen and oxygen atoms in total. The molecule has 2 aromatic carbocycles. The summed E-state index contributed by atoms with van der Waals surface area (Å²) in [4.78, 5) is 5.78. The number of para-hydroxylation sites is 1. The maximum Gasteiger partial charge on any atom is 0.190 e. The average Bonchev–Trinajstić information content (AvgIpc) is 3.28. The van der Waals surface area contributed by atoms with Crippen LogP contribution in [-0.4, -0.2) is 4.57 Å². The molecule has 2 heterocycles. The van der Waals surface area contributed by atoms with Gasteiger partial charge < -0.3 is 8.98 Å². The summed E-state index contributed by atoms with van der Waals surface area (Å²) in [7, 11) is 0. The second kappa shape index (κ2) is 6.95. The lowest BCUT2D eigenvalue weighted by Gasteiger charge is -2.08. The van der Waals surface area contributed by atoms with Crippen molar-refractivity contribution in [2.24, 2.45) is 4.99 Å². The van der Waals surface area contributed by atoms with Crippen molar-refractivity contribution in [3.63, 3.8) is 0 Å². The Labute approximate surface area is 150 Å². The molecule has 124 valence electrons. The minimum absolute atomic E-state index is 0.658. The molecule has 0 saturated carbocycles. The van der Waals surface area contributed by atoms with Gasteiger partial charge in [0.2, 0.25) is 0 Å². The zero-order valence-electron chi connectivity index (χ0n) is 13.9. The summed E-state index contributed by atoms with van der Waals surface area (Å²) in [5.74, 6) is 0.918. The molecule has 0 N–H and O–H groups in total. The Morgan fingerprint density at radius 1 is 0.960 bits per heavy atom. The first-order chi connectivity index (χ1) is 12.3. The van der Waals surface area contributed by atoms with Gasteiger partial charge in [-0.25, -0.2) is 4.99 Å². The molecule has 0 amide bonds. The Kier molecular flexibility index (Phi) is 4.36. The van der Waals surface area contributed by atoms with Gasteiger partial charge in [-0.15, -0.1) is 11.3 Å². The van der Waals surface area contributed by atoms with Crippen LogP contribution in [0.15, 0.2) is 87.8 Å². The van der Waals surface area contributed by atoms with Crippen LogP contribution in [0.3, 0.4) is 0 Å². The second-order valence-electron chi connectivity index (χ2n) is 5.88. The van der Waals surface area contributed by atoms with Crippen molar-refractivity contribution in [1.29, 1.82) is 0 Å². The van der Waals surface area contributed by atoms with E-state index < -0.39 is 0 Å². The zero-order chi connectivity index (χ0) is 17.1. The third kappa shape index (κ3) is 3.49. The molecule has 4 heteroatoms. The van der Waals surface area contributed by atoms with Gasteiger partial charge in [0, 0.05) is 5.38 Å². The SMILES string of the molecule is Cc1ccc(-c2csc(=Nc3ccccc3)n2Cc2ccco2)cc1. The van der Waals surface area contributed by atoms with Gasteiger partial charge in [-0.3, -0.25) is 0 Å². The molecule has 0 bridgehead atoms. The quantitative estimate of drug-likeness (QED) is 0.487. The molecule has 25 heavy (non-hydrogen) atoms. The van der Waals surface area contributed by atoms with Crippen LogP contribution in [0.5, 0.6) is 0 Å². The Morgan fingerprint density at radius 2 is 1.76 bits per heavy atom. The Hall–Kier alpha value is -2.85. The number of aryl methyl sites for hydroxylation is 1. The van der Waals surface area contributed by atoms with Crippen molar-refractivity contribution in [3.05, 3.63) is 94.5 Å². The summed E-state index contributed by atoms with van der Waals surface area (Å²) >= 11 is 1.65. The molecule has 0 spiro atoms. The van der Waals surface area contributed by atoms with E-state index in [1.54, 1.807) is 17.6 Å². The minimum atomic E-state index is 0.658. The minimum Gasteiger partial charge on any atom is -0.467 e. The van der Waals surface area contributed by atoms with E-state index in [1.165, 1.54) is 11.1 Å². The maximum absolute atomic E-state index is 5.56. The number of hydrogen-bond donors (Lipinski definition) is 0. The van der Waals surface area contributed by atoms with Crippen LogP contribution >= 0.6 is 11.3 Å². The number of rotatable bonds is 4. The lowest BCUT2D eigenvalue weighted by molar-refractivity contribution is 0.492. The molecule has 0 aliphatic heterocycles. The van der Waals surface area contributed by atoms with Crippen molar-refractivity contribution in [3.8, 4) is 11.3 Å². The van der Waals surface area contributed by atoms with Crippen molar-refractivity contribution >= 4 is 17.0 Å². The van der Waals surface area contributed by atoms with Crippen LogP contribution in [0.25, 0.3) is 11.3 Å². The molecule has 0 radical (unpaired) electrons. The van der Waals surface area contributed by atoms with Gasteiger partial charge in [-0.05, 0) is 36.8 Å². The van der Waals surface area contributed by atoms with Gasteiger partial charge in [0.05, 0.1) is 24.2 Å². The Balaban J connectivity index is 1.84. The van der Waals surface area contributed by atoms with E-state index in [0.717, 1.165) is 21.9 Å². The van der Waals surface area contributed by atoms with Gasteiger partial charge in [-0.1, -0.05) is 48.0 Å². The fourth-order valence-electron chi connectivity index (χ4n) is 2.70. The molecular formula is C21H18N2OS. The molecule has 4 aromatic rings. The van der Waals surface area contributed by atoms with Crippen LogP contribution in [0, 0.1) is 6.92 Å². The van der Waals surface area contributed by atoms with E-state index in [9.17, 15) is 0 Å². The van der Waals surface area contributed by atoms with Gasteiger partial charge in [0.1, 0.15) is 5.76 Å². The van der Waals surface area contributed by atoms with Crippen LogP contribution < -0.4 is 4.80 Å². The lowest BCUT2D eigenvalue weighted by Crippen LogP contribution is -2.16. The van der Waals surface area contributed by atoms with Crippen molar-refractivity contribution in [2.75, 3.05) is 0 Å². The average molecular weight is 346 g/mol. The third-order valence-electron chi connectivity index (χ3n) is 4.02. The second-order valence-corrected chi connectivity index (χ2v) is 6.72. The van der Waals surface area contributed by atoms with Crippen LogP contribution in [0.2, 0.25) is 0 Å². The highest BCUT2D eigenvalue weighted by molar-refractivity contribution is 7.07. The zero-order valence-corrected chi connectivity index (χ0v) is 14.7. The molecule has 0 aliphatic rings. The number of thiazole rings is 1. The number of nitrogens with zero attached hydrogens (tertiary/aromatic N) is 2. The first kappa shape index (κ1) is 15.7.